The summed E-state index contributed by atoms with van der Waals surface area (Å²) in [4.78, 5) is 1.78. The van der Waals surface area contributed by atoms with Gasteiger partial charge < -0.3 is 9.64 Å². The van der Waals surface area contributed by atoms with Gasteiger partial charge in [-0.05, 0) is 50.7 Å². The van der Waals surface area contributed by atoms with E-state index in [9.17, 15) is 0 Å². The Labute approximate surface area is 132 Å². The van der Waals surface area contributed by atoms with Crippen molar-refractivity contribution in [2.45, 2.75) is 38.5 Å². The summed E-state index contributed by atoms with van der Waals surface area (Å²) >= 11 is 11.8. The van der Waals surface area contributed by atoms with E-state index >= 15 is 0 Å². The van der Waals surface area contributed by atoms with E-state index in [1.165, 1.54) is 51.7 Å². The van der Waals surface area contributed by atoms with Gasteiger partial charge in [0.05, 0.1) is 36.3 Å². The molecule has 20 heavy (non-hydrogen) atoms. The first-order valence-electron chi connectivity index (χ1n) is 7.67. The van der Waals surface area contributed by atoms with Gasteiger partial charge in [-0.1, -0.05) is 23.2 Å². The molecule has 4 heteroatoms. The second-order valence-electron chi connectivity index (χ2n) is 5.55. The number of likely N-dealkylation sites (tertiary alicyclic amines) is 1. The zero-order valence-electron chi connectivity index (χ0n) is 12.0. The molecule has 0 amide bonds. The number of ether oxygens (including phenoxy) is 1. The van der Waals surface area contributed by atoms with Crippen LogP contribution >= 0.6 is 23.2 Å². The van der Waals surface area contributed by atoms with Gasteiger partial charge in [0.1, 0.15) is 5.75 Å². The van der Waals surface area contributed by atoms with Crippen LogP contribution in [-0.4, -0.2) is 26.2 Å². The monoisotopic (exact) mass is 316 g/mol. The van der Waals surface area contributed by atoms with Crippen molar-refractivity contribution in [1.29, 1.82) is 0 Å². The van der Waals surface area contributed by atoms with Gasteiger partial charge in [-0.15, -0.1) is 0 Å². The molecule has 0 saturated carbocycles. The van der Waals surface area contributed by atoms with Crippen molar-refractivity contribution < 1.29 is 9.64 Å². The number of rotatable bonds is 6. The molecule has 0 aliphatic carbocycles. The molecule has 1 heterocycles. The minimum absolute atomic E-state index is 0.554. The topological polar surface area (TPSA) is 13.7 Å². The second kappa shape index (κ2) is 8.76. The average molecular weight is 317 g/mol. The first kappa shape index (κ1) is 15.9. The predicted octanol–water partition coefficient (Wildman–Crippen LogP) is 3.61. The Morgan fingerprint density at radius 2 is 1.70 bits per heavy atom. The molecule has 112 valence electrons. The van der Waals surface area contributed by atoms with Gasteiger partial charge in [0.25, 0.3) is 0 Å². The zero-order valence-corrected chi connectivity index (χ0v) is 13.5. The molecular weight excluding hydrogens is 293 g/mol. The summed E-state index contributed by atoms with van der Waals surface area (Å²) < 4.78 is 5.70. The first-order valence-corrected chi connectivity index (χ1v) is 8.43. The molecule has 2 nitrogen and oxygen atoms in total. The molecule has 0 radical (unpaired) electrons. The highest BCUT2D eigenvalue weighted by Gasteiger charge is 2.11. The van der Waals surface area contributed by atoms with Gasteiger partial charge in [-0.25, -0.2) is 0 Å². The summed E-state index contributed by atoms with van der Waals surface area (Å²) in [5.41, 5.74) is 0. The fourth-order valence-corrected chi connectivity index (χ4v) is 3.00. The molecule has 0 bridgehead atoms. The van der Waals surface area contributed by atoms with Crippen molar-refractivity contribution in [1.82, 2.24) is 0 Å². The van der Waals surface area contributed by atoms with Crippen LogP contribution in [0.15, 0.2) is 18.2 Å². The van der Waals surface area contributed by atoms with Crippen molar-refractivity contribution in [2.24, 2.45) is 0 Å². The van der Waals surface area contributed by atoms with Gasteiger partial charge in [0.2, 0.25) is 0 Å². The van der Waals surface area contributed by atoms with Gasteiger partial charge in [0.15, 0.2) is 0 Å². The highest BCUT2D eigenvalue weighted by Crippen LogP contribution is 2.26. The van der Waals surface area contributed by atoms with E-state index in [1.807, 2.05) is 6.07 Å². The molecule has 1 aromatic carbocycles. The van der Waals surface area contributed by atoms with Crippen molar-refractivity contribution in [3.63, 3.8) is 0 Å². The fourth-order valence-electron chi connectivity index (χ4n) is 2.71. The lowest BCUT2D eigenvalue weighted by atomic mass is 10.2. The van der Waals surface area contributed by atoms with Gasteiger partial charge in [0, 0.05) is 6.07 Å². The first-order chi connectivity index (χ1) is 9.75. The second-order valence-corrected chi connectivity index (χ2v) is 6.36. The van der Waals surface area contributed by atoms with Crippen LogP contribution in [0.5, 0.6) is 5.75 Å². The van der Waals surface area contributed by atoms with E-state index in [0.717, 1.165) is 18.8 Å². The predicted molar refractivity (Wildman–Crippen MR) is 85.2 cm³/mol. The van der Waals surface area contributed by atoms with Crippen LogP contribution in [0.3, 0.4) is 0 Å². The van der Waals surface area contributed by atoms with Crippen molar-refractivity contribution in [3.05, 3.63) is 28.2 Å². The third-order valence-electron chi connectivity index (χ3n) is 3.90. The SMILES string of the molecule is Clc1ccc(OCCCC[NH+]2CCCCCC2)cc1Cl. The standard InChI is InChI=1S/C16H23Cl2NO/c17-15-8-7-14(13-16(15)18)20-12-6-5-11-19-9-3-1-2-4-10-19/h7-8,13H,1-6,9-12H2/p+1. The Morgan fingerprint density at radius 3 is 2.40 bits per heavy atom. The summed E-state index contributed by atoms with van der Waals surface area (Å²) in [5.74, 6) is 0.807. The number of benzene rings is 1. The van der Waals surface area contributed by atoms with Crippen molar-refractivity contribution >= 4 is 23.2 Å². The van der Waals surface area contributed by atoms with Gasteiger partial charge in [-0.3, -0.25) is 0 Å². The Bertz CT molecular complexity index is 403. The molecule has 1 aliphatic rings. The van der Waals surface area contributed by atoms with E-state index in [0.29, 0.717) is 10.0 Å². The molecular formula is C16H24Cl2NO+. The largest absolute Gasteiger partial charge is 0.494 e. The number of hydrogen-bond donors (Lipinski definition) is 1. The molecule has 1 aromatic rings. The number of unbranched alkanes of at least 4 members (excludes halogenated alkanes) is 1. The van der Waals surface area contributed by atoms with Crippen molar-refractivity contribution in [3.8, 4) is 5.75 Å². The molecule has 1 saturated heterocycles. The van der Waals surface area contributed by atoms with Crippen LogP contribution in [0.1, 0.15) is 38.5 Å². The van der Waals surface area contributed by atoms with Crippen LogP contribution in [0, 0.1) is 0 Å². The van der Waals surface area contributed by atoms with E-state index < -0.39 is 0 Å². The summed E-state index contributed by atoms with van der Waals surface area (Å²) in [6, 6.07) is 5.43. The van der Waals surface area contributed by atoms with Crippen LogP contribution in [0.25, 0.3) is 0 Å². The maximum atomic E-state index is 5.96. The van der Waals surface area contributed by atoms with E-state index in [2.05, 4.69) is 0 Å². The molecule has 1 fully saturated rings. The molecule has 0 atom stereocenters. The minimum atomic E-state index is 0.554. The average Bonchev–Trinajstić information content (AvgIpc) is 2.71. The number of quaternary nitrogens is 1. The summed E-state index contributed by atoms with van der Waals surface area (Å²) in [6.07, 6.45) is 7.97. The molecule has 0 aromatic heterocycles. The fraction of sp³-hybridized carbons (Fsp3) is 0.625. The Balaban J connectivity index is 1.60. The van der Waals surface area contributed by atoms with E-state index in [1.54, 1.807) is 17.0 Å². The van der Waals surface area contributed by atoms with E-state index in [4.69, 9.17) is 27.9 Å². The molecule has 0 unspecified atom stereocenters. The maximum absolute atomic E-state index is 5.96. The highest BCUT2D eigenvalue weighted by atomic mass is 35.5. The lowest BCUT2D eigenvalue weighted by molar-refractivity contribution is -0.899. The molecule has 2 rings (SSSR count). The summed E-state index contributed by atoms with van der Waals surface area (Å²) in [5, 5.41) is 1.13. The van der Waals surface area contributed by atoms with Crippen molar-refractivity contribution in [2.75, 3.05) is 26.2 Å². The lowest BCUT2D eigenvalue weighted by Gasteiger charge is -2.16. The smallest absolute Gasteiger partial charge is 0.120 e. The lowest BCUT2D eigenvalue weighted by Crippen LogP contribution is -3.11. The van der Waals surface area contributed by atoms with Crippen LogP contribution < -0.4 is 9.64 Å². The minimum Gasteiger partial charge on any atom is -0.494 e. The van der Waals surface area contributed by atoms with Crippen LogP contribution in [0.2, 0.25) is 10.0 Å². The van der Waals surface area contributed by atoms with Crippen LogP contribution in [0.4, 0.5) is 0 Å². The number of halogens is 2. The van der Waals surface area contributed by atoms with Crippen LogP contribution in [-0.2, 0) is 0 Å². The summed E-state index contributed by atoms with van der Waals surface area (Å²) in [7, 11) is 0. The maximum Gasteiger partial charge on any atom is 0.120 e. The normalized spacial score (nSPS) is 16.9. The Morgan fingerprint density at radius 1 is 0.950 bits per heavy atom. The van der Waals surface area contributed by atoms with E-state index in [-0.39, 0.29) is 0 Å². The van der Waals surface area contributed by atoms with Gasteiger partial charge >= 0.3 is 0 Å². The molecule has 1 aliphatic heterocycles. The molecule has 1 N–H and O–H groups in total. The Hall–Kier alpha value is -0.440. The zero-order chi connectivity index (χ0) is 14.2. The number of hydrogen-bond acceptors (Lipinski definition) is 1. The van der Waals surface area contributed by atoms with Gasteiger partial charge in [-0.2, -0.15) is 0 Å². The molecule has 0 spiro atoms. The quantitative estimate of drug-likeness (QED) is 0.791. The Kier molecular flexibility index (Phi) is 6.98. The number of nitrogens with one attached hydrogen (secondary N) is 1. The third-order valence-corrected chi connectivity index (χ3v) is 4.63. The third kappa shape index (κ3) is 5.51. The highest BCUT2D eigenvalue weighted by molar-refractivity contribution is 6.42. The summed E-state index contributed by atoms with van der Waals surface area (Å²) in [6.45, 7) is 4.75.